The molecule has 6 nitrogen and oxygen atoms in total. The molecule has 3 atom stereocenters. The molecule has 2 aromatic carbocycles. The predicted molar refractivity (Wildman–Crippen MR) is 129 cm³/mol. The summed E-state index contributed by atoms with van der Waals surface area (Å²) in [5.41, 5.74) is -5.08. The molecular weight excluding hydrogens is 531 g/mol. The molecule has 2 aliphatic rings. The van der Waals surface area contributed by atoms with Gasteiger partial charge in [0.25, 0.3) is 0 Å². The van der Waals surface area contributed by atoms with E-state index < -0.39 is 55.4 Å². The van der Waals surface area contributed by atoms with E-state index in [1.165, 1.54) is 24.8 Å². The maximum atomic E-state index is 14.8. The minimum absolute atomic E-state index is 0.0304. The standard InChI is InChI=1S/C26H29F5N2O4S/c1-23(2,35)14-32-22(34)33-13-18-5-4-16-12-17(24(3,28)26(29,30)31)6-11-21(16)25(18,15-33)38(36,37)20-9-7-19(27)8-10-20/h6-12,18,35H,4-5,13-15H2,1-3H3,(H,32,34). The van der Waals surface area contributed by atoms with Crippen molar-refractivity contribution in [3.8, 4) is 0 Å². The van der Waals surface area contributed by atoms with Crippen LogP contribution in [0.1, 0.15) is 43.9 Å². The van der Waals surface area contributed by atoms with Gasteiger partial charge >= 0.3 is 12.2 Å². The van der Waals surface area contributed by atoms with Crippen LogP contribution in [0.3, 0.4) is 0 Å². The number of nitrogens with zero attached hydrogens (tertiary/aromatic N) is 1. The number of benzene rings is 2. The van der Waals surface area contributed by atoms with Crippen molar-refractivity contribution in [2.24, 2.45) is 5.92 Å². The Bertz CT molecular complexity index is 1340. The van der Waals surface area contributed by atoms with Crippen LogP contribution < -0.4 is 5.32 Å². The van der Waals surface area contributed by atoms with Gasteiger partial charge in [0.1, 0.15) is 10.6 Å². The highest BCUT2D eigenvalue weighted by atomic mass is 32.2. The Morgan fingerprint density at radius 3 is 2.32 bits per heavy atom. The van der Waals surface area contributed by atoms with Crippen molar-refractivity contribution in [3.05, 3.63) is 65.0 Å². The second kappa shape index (κ2) is 9.18. The van der Waals surface area contributed by atoms with Gasteiger partial charge in [-0.15, -0.1) is 0 Å². The zero-order valence-electron chi connectivity index (χ0n) is 21.1. The van der Waals surface area contributed by atoms with Gasteiger partial charge in [0.2, 0.25) is 5.67 Å². The molecule has 1 aliphatic carbocycles. The molecule has 4 rings (SSSR count). The maximum Gasteiger partial charge on any atom is 0.426 e. The van der Waals surface area contributed by atoms with E-state index >= 15 is 0 Å². The van der Waals surface area contributed by atoms with Crippen LogP contribution >= 0.6 is 0 Å². The van der Waals surface area contributed by atoms with Gasteiger partial charge in [-0.25, -0.2) is 22.0 Å². The smallest absolute Gasteiger partial charge is 0.389 e. The fourth-order valence-corrected chi connectivity index (χ4v) is 7.71. The fourth-order valence-electron chi connectivity index (χ4n) is 5.35. The summed E-state index contributed by atoms with van der Waals surface area (Å²) in [6.07, 6.45) is -4.79. The number of amides is 2. The van der Waals surface area contributed by atoms with Crippen molar-refractivity contribution < 1.29 is 40.3 Å². The molecule has 2 aromatic rings. The Morgan fingerprint density at radius 2 is 1.74 bits per heavy atom. The van der Waals surface area contributed by atoms with E-state index in [2.05, 4.69) is 5.32 Å². The average Bonchev–Trinajstić information content (AvgIpc) is 3.23. The Hall–Kier alpha value is -2.73. The van der Waals surface area contributed by atoms with Gasteiger partial charge < -0.3 is 15.3 Å². The zero-order chi connectivity index (χ0) is 28.3. The number of alkyl halides is 4. The molecule has 12 heteroatoms. The highest BCUT2D eigenvalue weighted by Gasteiger charge is 2.61. The molecule has 1 aliphatic heterocycles. The van der Waals surface area contributed by atoms with Gasteiger partial charge in [-0.1, -0.05) is 18.2 Å². The molecule has 0 aromatic heterocycles. The van der Waals surface area contributed by atoms with Crippen LogP contribution in [0.4, 0.5) is 26.7 Å². The van der Waals surface area contributed by atoms with Crippen molar-refractivity contribution in [1.29, 1.82) is 0 Å². The lowest BCUT2D eigenvalue weighted by Crippen LogP contribution is -2.48. The van der Waals surface area contributed by atoms with Gasteiger partial charge in [0, 0.05) is 25.6 Å². The first-order chi connectivity index (χ1) is 17.4. The SMILES string of the molecule is CC(C)(O)CNC(=O)N1CC2CCc3cc(C(C)(F)C(F)(F)F)ccc3C2(S(=O)(=O)c2ccc(F)cc2)C1. The third-order valence-electron chi connectivity index (χ3n) is 7.49. The first kappa shape index (κ1) is 28.3. The molecule has 2 N–H and O–H groups in total. The van der Waals surface area contributed by atoms with Crippen molar-refractivity contribution in [1.82, 2.24) is 10.2 Å². The van der Waals surface area contributed by atoms with E-state index in [1.807, 2.05) is 0 Å². The Kier molecular flexibility index (Phi) is 6.83. The van der Waals surface area contributed by atoms with Crippen LogP contribution in [-0.4, -0.2) is 55.9 Å². The first-order valence-corrected chi connectivity index (χ1v) is 13.5. The largest absolute Gasteiger partial charge is 0.426 e. The number of rotatable bonds is 5. The van der Waals surface area contributed by atoms with Crippen molar-refractivity contribution in [2.75, 3.05) is 19.6 Å². The lowest BCUT2D eigenvalue weighted by molar-refractivity contribution is -0.228. The Labute approximate surface area is 217 Å². The molecule has 0 radical (unpaired) electrons. The van der Waals surface area contributed by atoms with E-state index in [0.29, 0.717) is 6.92 Å². The summed E-state index contributed by atoms with van der Waals surface area (Å²) in [7, 11) is -4.33. The minimum atomic E-state index is -5.18. The number of sulfone groups is 1. The monoisotopic (exact) mass is 560 g/mol. The van der Waals surface area contributed by atoms with E-state index in [1.54, 1.807) is 0 Å². The zero-order valence-corrected chi connectivity index (χ0v) is 21.9. The number of hydrogen-bond acceptors (Lipinski definition) is 4. The number of aliphatic hydroxyl groups is 1. The molecule has 3 unspecified atom stereocenters. The average molecular weight is 561 g/mol. The molecule has 208 valence electrons. The first-order valence-electron chi connectivity index (χ1n) is 12.0. The third kappa shape index (κ3) is 4.66. The molecule has 1 saturated heterocycles. The molecule has 2 amide bonds. The van der Waals surface area contributed by atoms with E-state index in [4.69, 9.17) is 0 Å². The predicted octanol–water partition coefficient (Wildman–Crippen LogP) is 4.60. The number of nitrogens with one attached hydrogen (secondary N) is 1. The van der Waals surface area contributed by atoms with E-state index in [0.717, 1.165) is 36.4 Å². The summed E-state index contributed by atoms with van der Waals surface area (Å²) in [6, 6.07) is 6.79. The molecule has 38 heavy (non-hydrogen) atoms. The van der Waals surface area contributed by atoms with Gasteiger partial charge in [-0.3, -0.25) is 0 Å². The van der Waals surface area contributed by atoms with Gasteiger partial charge in [-0.2, -0.15) is 13.2 Å². The lowest BCUT2D eigenvalue weighted by atomic mass is 9.75. The number of carbonyl (C=O) groups is 1. The van der Waals surface area contributed by atoms with Gasteiger partial charge in [-0.05, 0) is 74.6 Å². The highest BCUT2D eigenvalue weighted by Crippen LogP contribution is 2.53. The molecule has 0 bridgehead atoms. The van der Waals surface area contributed by atoms with Gasteiger partial charge in [0.05, 0.1) is 10.5 Å². The Morgan fingerprint density at radius 1 is 1.11 bits per heavy atom. The van der Waals surface area contributed by atoms with Crippen molar-refractivity contribution in [2.45, 2.75) is 60.7 Å². The second-order valence-electron chi connectivity index (χ2n) is 10.8. The number of fused-ring (bicyclic) bond motifs is 3. The topological polar surface area (TPSA) is 86.7 Å². The number of likely N-dealkylation sites (tertiary alicyclic amines) is 1. The number of carbonyl (C=O) groups excluding carboxylic acids is 1. The number of hydrogen-bond donors (Lipinski definition) is 2. The summed E-state index contributed by atoms with van der Waals surface area (Å²) in [4.78, 5) is 14.1. The lowest BCUT2D eigenvalue weighted by Gasteiger charge is -2.40. The summed E-state index contributed by atoms with van der Waals surface area (Å²) in [6.45, 7) is 3.00. The minimum Gasteiger partial charge on any atom is -0.389 e. The van der Waals surface area contributed by atoms with Crippen molar-refractivity contribution >= 4 is 15.9 Å². The van der Waals surface area contributed by atoms with Crippen LogP contribution in [0.2, 0.25) is 0 Å². The number of aryl methyl sites for hydroxylation is 1. The second-order valence-corrected chi connectivity index (χ2v) is 13.0. The molecular formula is C26H29F5N2O4S. The molecule has 1 heterocycles. The molecule has 1 fully saturated rings. The number of urea groups is 1. The van der Waals surface area contributed by atoms with Crippen LogP contribution in [0.25, 0.3) is 0 Å². The van der Waals surface area contributed by atoms with Crippen LogP contribution in [-0.2, 0) is 26.7 Å². The van der Waals surface area contributed by atoms with E-state index in [9.17, 15) is 40.3 Å². The number of halogens is 5. The Balaban J connectivity index is 1.85. The summed E-state index contributed by atoms with van der Waals surface area (Å²) in [5, 5.41) is 12.6. The maximum absolute atomic E-state index is 14.8. The summed E-state index contributed by atoms with van der Waals surface area (Å²) in [5.74, 6) is -1.29. The normalized spacial score (nSPS) is 23.4. The van der Waals surface area contributed by atoms with Gasteiger partial charge in [0.15, 0.2) is 9.84 Å². The fraction of sp³-hybridized carbons (Fsp3) is 0.500. The summed E-state index contributed by atoms with van der Waals surface area (Å²) >= 11 is 0. The van der Waals surface area contributed by atoms with E-state index in [-0.39, 0.29) is 48.5 Å². The van der Waals surface area contributed by atoms with Crippen LogP contribution in [0.5, 0.6) is 0 Å². The van der Waals surface area contributed by atoms with Crippen LogP contribution in [0.15, 0.2) is 47.4 Å². The van der Waals surface area contributed by atoms with Crippen LogP contribution in [0, 0.1) is 11.7 Å². The highest BCUT2D eigenvalue weighted by molar-refractivity contribution is 7.92. The third-order valence-corrected chi connectivity index (χ3v) is 10.0. The summed E-state index contributed by atoms with van der Waals surface area (Å²) < 4.78 is 95.3. The quantitative estimate of drug-likeness (QED) is 0.414. The molecule has 0 saturated carbocycles. The molecule has 0 spiro atoms. The van der Waals surface area contributed by atoms with Crippen molar-refractivity contribution in [3.63, 3.8) is 0 Å².